The summed E-state index contributed by atoms with van der Waals surface area (Å²) in [5.74, 6) is -5.92. The minimum Gasteiger partial charge on any atom is -0.263 e. The van der Waals surface area contributed by atoms with E-state index in [4.69, 9.17) is 0 Å². The van der Waals surface area contributed by atoms with Crippen LogP contribution in [0.5, 0.6) is 0 Å². The van der Waals surface area contributed by atoms with Crippen molar-refractivity contribution in [2.24, 2.45) is 0 Å². The van der Waals surface area contributed by atoms with Crippen LogP contribution in [0.15, 0.2) is 35.2 Å². The van der Waals surface area contributed by atoms with E-state index in [0.29, 0.717) is 0 Å². The molecule has 106 valence electrons. The highest BCUT2D eigenvalue weighted by atomic mass is 32.2. The zero-order valence-electron chi connectivity index (χ0n) is 9.57. The average molecular weight is 306 g/mol. The summed E-state index contributed by atoms with van der Waals surface area (Å²) in [4.78, 5) is 1.81. The van der Waals surface area contributed by atoms with E-state index in [-0.39, 0.29) is 12.1 Å². The molecule has 2 rings (SSSR count). The van der Waals surface area contributed by atoms with Crippen molar-refractivity contribution in [3.05, 3.63) is 53.7 Å². The summed E-state index contributed by atoms with van der Waals surface area (Å²) in [7, 11) is -4.70. The third-order valence-electron chi connectivity index (χ3n) is 2.19. The van der Waals surface area contributed by atoms with Gasteiger partial charge in [0.15, 0.2) is 4.90 Å². The van der Waals surface area contributed by atoms with Crippen LogP contribution in [0.25, 0.3) is 0 Å². The van der Waals surface area contributed by atoms with Crippen molar-refractivity contribution in [3.63, 3.8) is 0 Å². The lowest BCUT2D eigenvalue weighted by molar-refractivity contribution is 0.498. The van der Waals surface area contributed by atoms with Crippen molar-refractivity contribution in [1.29, 1.82) is 0 Å². The van der Waals surface area contributed by atoms with E-state index in [1.54, 1.807) is 4.72 Å². The second-order valence-corrected chi connectivity index (χ2v) is 5.27. The number of rotatable bonds is 3. The fourth-order valence-corrected chi connectivity index (χ4v) is 2.56. The first-order valence-electron chi connectivity index (χ1n) is 5.09. The number of sulfonamides is 1. The van der Waals surface area contributed by atoms with Gasteiger partial charge >= 0.3 is 0 Å². The number of benzene rings is 1. The fraction of sp³-hybridized carbons (Fsp3) is 0. The minimum atomic E-state index is -4.70. The zero-order chi connectivity index (χ0) is 14.9. The molecule has 0 spiro atoms. The van der Waals surface area contributed by atoms with Gasteiger partial charge in [-0.25, -0.2) is 26.6 Å². The maximum absolute atomic E-state index is 13.4. The number of hydrogen-bond donors (Lipinski definition) is 1. The minimum absolute atomic E-state index is 0.219. The molecule has 1 aromatic carbocycles. The van der Waals surface area contributed by atoms with E-state index >= 15 is 0 Å². The van der Waals surface area contributed by atoms with Crippen molar-refractivity contribution >= 4 is 15.8 Å². The SMILES string of the molecule is O=S(=O)(Nc1cccc(F)n1)c1c(F)cc(F)cc1F. The Bertz CT molecular complexity index is 742. The number of halogens is 4. The van der Waals surface area contributed by atoms with Crippen molar-refractivity contribution in [2.75, 3.05) is 4.72 Å². The Morgan fingerprint density at radius 2 is 1.60 bits per heavy atom. The van der Waals surface area contributed by atoms with Gasteiger partial charge in [0.2, 0.25) is 5.95 Å². The molecule has 0 radical (unpaired) electrons. The Morgan fingerprint density at radius 3 is 2.15 bits per heavy atom. The summed E-state index contributed by atoms with van der Waals surface area (Å²) in [6, 6.07) is 3.63. The maximum atomic E-state index is 13.4. The van der Waals surface area contributed by atoms with Crippen molar-refractivity contribution in [3.8, 4) is 0 Å². The molecular weight excluding hydrogens is 300 g/mol. The van der Waals surface area contributed by atoms with Gasteiger partial charge in [0, 0.05) is 12.1 Å². The van der Waals surface area contributed by atoms with Gasteiger partial charge in [0.05, 0.1) is 0 Å². The lowest BCUT2D eigenvalue weighted by atomic mass is 10.3. The number of anilines is 1. The topological polar surface area (TPSA) is 59.1 Å². The Kier molecular flexibility index (Phi) is 3.62. The van der Waals surface area contributed by atoms with Crippen LogP contribution in [-0.2, 0) is 10.0 Å². The van der Waals surface area contributed by atoms with Gasteiger partial charge in [-0.3, -0.25) is 4.72 Å². The molecule has 0 aliphatic carbocycles. The molecular formula is C11H6F4N2O2S. The largest absolute Gasteiger partial charge is 0.268 e. The van der Waals surface area contributed by atoms with Gasteiger partial charge in [-0.15, -0.1) is 0 Å². The number of pyridine rings is 1. The Hall–Kier alpha value is -2.16. The molecule has 0 aliphatic heterocycles. The summed E-state index contributed by atoms with van der Waals surface area (Å²) < 4.78 is 77.6. The highest BCUT2D eigenvalue weighted by Gasteiger charge is 2.25. The quantitative estimate of drug-likeness (QED) is 0.700. The second-order valence-electron chi connectivity index (χ2n) is 3.65. The number of nitrogens with one attached hydrogen (secondary N) is 1. The molecule has 9 heteroatoms. The van der Waals surface area contributed by atoms with Gasteiger partial charge < -0.3 is 0 Å². The molecule has 0 saturated carbocycles. The monoisotopic (exact) mass is 306 g/mol. The van der Waals surface area contributed by atoms with Crippen LogP contribution < -0.4 is 4.72 Å². The molecule has 2 aromatic rings. The van der Waals surface area contributed by atoms with Crippen LogP contribution >= 0.6 is 0 Å². The standard InChI is InChI=1S/C11H6F4N2O2S/c12-6-4-7(13)11(8(14)5-6)20(18,19)17-10-3-1-2-9(15)16-10/h1-5H,(H,16,17). The van der Waals surface area contributed by atoms with Gasteiger partial charge in [0.1, 0.15) is 23.3 Å². The highest BCUT2D eigenvalue weighted by molar-refractivity contribution is 7.92. The molecule has 1 N–H and O–H groups in total. The molecule has 0 aliphatic rings. The number of aromatic nitrogens is 1. The summed E-state index contributed by atoms with van der Waals surface area (Å²) in [6.07, 6.45) is 0. The van der Waals surface area contributed by atoms with E-state index in [1.165, 1.54) is 0 Å². The smallest absolute Gasteiger partial charge is 0.263 e. The first-order chi connectivity index (χ1) is 9.29. The fourth-order valence-electron chi connectivity index (χ4n) is 1.44. The average Bonchev–Trinajstić information content (AvgIpc) is 2.25. The summed E-state index contributed by atoms with van der Waals surface area (Å²) in [6.45, 7) is 0. The number of hydrogen-bond acceptors (Lipinski definition) is 3. The Balaban J connectivity index is 2.46. The van der Waals surface area contributed by atoms with E-state index in [1.807, 2.05) is 0 Å². The molecule has 0 amide bonds. The molecule has 0 fully saturated rings. The summed E-state index contributed by atoms with van der Waals surface area (Å²) in [5, 5.41) is 0. The molecule has 0 atom stereocenters. The molecule has 1 aromatic heterocycles. The van der Waals surface area contributed by atoms with Crippen LogP contribution in [0, 0.1) is 23.4 Å². The Morgan fingerprint density at radius 1 is 1.00 bits per heavy atom. The second kappa shape index (κ2) is 5.08. The first-order valence-corrected chi connectivity index (χ1v) is 6.58. The Labute approximate surface area is 111 Å². The zero-order valence-corrected chi connectivity index (χ0v) is 10.4. The van der Waals surface area contributed by atoms with E-state index in [2.05, 4.69) is 4.98 Å². The van der Waals surface area contributed by atoms with Crippen LogP contribution in [0.2, 0.25) is 0 Å². The van der Waals surface area contributed by atoms with E-state index < -0.39 is 44.1 Å². The van der Waals surface area contributed by atoms with Gasteiger partial charge in [0.25, 0.3) is 10.0 Å². The number of nitrogens with zero attached hydrogens (tertiary/aromatic N) is 1. The van der Waals surface area contributed by atoms with E-state index in [9.17, 15) is 26.0 Å². The maximum Gasteiger partial charge on any atom is 0.268 e. The summed E-state index contributed by atoms with van der Waals surface area (Å²) in [5.41, 5.74) is 0. The first kappa shape index (κ1) is 14.3. The molecule has 0 saturated heterocycles. The highest BCUT2D eigenvalue weighted by Crippen LogP contribution is 2.22. The van der Waals surface area contributed by atoms with Gasteiger partial charge in [-0.1, -0.05) is 6.07 Å². The molecule has 4 nitrogen and oxygen atoms in total. The van der Waals surface area contributed by atoms with Crippen LogP contribution in [0.3, 0.4) is 0 Å². The van der Waals surface area contributed by atoms with Crippen molar-refractivity contribution < 1.29 is 26.0 Å². The summed E-state index contributed by atoms with van der Waals surface area (Å²) >= 11 is 0. The third-order valence-corrected chi connectivity index (χ3v) is 3.59. The molecule has 0 bridgehead atoms. The van der Waals surface area contributed by atoms with Crippen molar-refractivity contribution in [2.45, 2.75) is 4.90 Å². The predicted molar refractivity (Wildman–Crippen MR) is 61.3 cm³/mol. The van der Waals surface area contributed by atoms with Crippen LogP contribution in [0.4, 0.5) is 23.4 Å². The van der Waals surface area contributed by atoms with Crippen molar-refractivity contribution in [1.82, 2.24) is 4.98 Å². The lowest BCUT2D eigenvalue weighted by Crippen LogP contribution is -2.17. The molecule has 20 heavy (non-hydrogen) atoms. The lowest BCUT2D eigenvalue weighted by Gasteiger charge is -2.09. The molecule has 0 unspecified atom stereocenters. The van der Waals surface area contributed by atoms with Gasteiger partial charge in [-0.05, 0) is 12.1 Å². The van der Waals surface area contributed by atoms with E-state index in [0.717, 1.165) is 18.2 Å². The molecule has 1 heterocycles. The predicted octanol–water partition coefficient (Wildman–Crippen LogP) is 2.44. The van der Waals surface area contributed by atoms with Crippen LogP contribution in [0.1, 0.15) is 0 Å². The normalized spacial score (nSPS) is 11.4. The third kappa shape index (κ3) is 2.87. The van der Waals surface area contributed by atoms with Gasteiger partial charge in [-0.2, -0.15) is 4.39 Å². The van der Waals surface area contributed by atoms with Crippen LogP contribution in [-0.4, -0.2) is 13.4 Å².